The van der Waals surface area contributed by atoms with E-state index in [1.807, 2.05) is 30.9 Å². The summed E-state index contributed by atoms with van der Waals surface area (Å²) >= 11 is 2.97. The van der Waals surface area contributed by atoms with Crippen LogP contribution in [0.1, 0.15) is 24.0 Å². The van der Waals surface area contributed by atoms with Crippen molar-refractivity contribution in [2.75, 3.05) is 23.7 Å². The topological polar surface area (TPSA) is 254 Å². The molecule has 0 radical (unpaired) electrons. The predicted octanol–water partition coefficient (Wildman–Crippen LogP) is -2.34. The molecular formula is C30H27KN4O13S5. The van der Waals surface area contributed by atoms with Crippen molar-refractivity contribution in [1.82, 2.24) is 14.0 Å². The van der Waals surface area contributed by atoms with Crippen molar-refractivity contribution in [2.24, 2.45) is 0 Å². The number of aromatic nitrogens is 2. The Bertz CT molecular complexity index is 2560. The molecule has 3 N–H and O–H groups in total. The van der Waals surface area contributed by atoms with Crippen LogP contribution >= 0.6 is 46.2 Å². The summed E-state index contributed by atoms with van der Waals surface area (Å²) in [5.41, 5.74) is 1.06. The quantitative estimate of drug-likeness (QED) is 0.0981. The molecule has 2 aromatic heterocycles. The van der Waals surface area contributed by atoms with Gasteiger partial charge in [-0.3, -0.25) is 47.6 Å². The molecule has 4 heterocycles. The van der Waals surface area contributed by atoms with Crippen LogP contribution in [0.3, 0.4) is 0 Å². The van der Waals surface area contributed by atoms with Crippen LogP contribution < -0.4 is 76.6 Å². The Hall–Kier alpha value is -2.84. The second kappa shape index (κ2) is 17.3. The number of aliphatic carboxylic acids is 3. The normalized spacial score (nSPS) is 17.1. The Kier molecular flexibility index (Phi) is 14.0. The number of carbonyl (C=O) groups excluding carboxylic acids is 2. The zero-order chi connectivity index (χ0) is 38.2. The van der Waals surface area contributed by atoms with Gasteiger partial charge >= 0.3 is 69.3 Å². The van der Waals surface area contributed by atoms with E-state index in [0.29, 0.717) is 50.6 Å². The third kappa shape index (κ3) is 9.70. The molecule has 1 fully saturated rings. The van der Waals surface area contributed by atoms with E-state index in [-0.39, 0.29) is 76.2 Å². The number of unbranched alkanes of at least 4 members (excludes halogenated alkanes) is 1. The number of hydrogen-bond donors (Lipinski definition) is 3. The van der Waals surface area contributed by atoms with Crippen LogP contribution in [0.15, 0.2) is 37.7 Å². The molecule has 0 aliphatic carbocycles. The molecule has 2 aliphatic heterocycles. The van der Waals surface area contributed by atoms with Gasteiger partial charge in [0.25, 0.3) is 22.3 Å². The van der Waals surface area contributed by atoms with Gasteiger partial charge in [0.15, 0.2) is 0 Å². The summed E-state index contributed by atoms with van der Waals surface area (Å²) in [6.45, 7) is 1.37. The van der Waals surface area contributed by atoms with Gasteiger partial charge in [-0.15, -0.1) is 22.7 Å². The van der Waals surface area contributed by atoms with Crippen LogP contribution in [0.25, 0.3) is 11.0 Å². The summed E-state index contributed by atoms with van der Waals surface area (Å²) in [6, 6.07) is 3.94. The van der Waals surface area contributed by atoms with Crippen molar-refractivity contribution in [2.45, 2.75) is 44.7 Å². The fourth-order valence-electron chi connectivity index (χ4n) is 5.18. The third-order valence-corrected chi connectivity index (χ3v) is 13.1. The van der Waals surface area contributed by atoms with Crippen LogP contribution in [-0.2, 0) is 42.4 Å². The molecule has 0 unspecified atom stereocenters. The number of thiazole rings is 2. The first-order valence-electron chi connectivity index (χ1n) is 15.0. The van der Waals surface area contributed by atoms with Gasteiger partial charge in [0.2, 0.25) is 0 Å². The van der Waals surface area contributed by atoms with E-state index in [9.17, 15) is 56.7 Å². The van der Waals surface area contributed by atoms with Crippen LogP contribution in [0.5, 0.6) is 0 Å². The number of carbonyl (C=O) groups is 5. The number of amides is 2. The van der Waals surface area contributed by atoms with Crippen LogP contribution in [-0.4, -0.2) is 90.2 Å². The van der Waals surface area contributed by atoms with Gasteiger partial charge in [0.05, 0.1) is 25.4 Å². The summed E-state index contributed by atoms with van der Waals surface area (Å²) in [4.78, 5) is 90.5. The minimum absolute atomic E-state index is 0. The molecule has 0 bridgehead atoms. The molecule has 1 saturated heterocycles. The number of hydrogen-bond acceptors (Lipinski definition) is 15. The number of allylic oxidation sites excluding steroid dienone is 1. The van der Waals surface area contributed by atoms with E-state index >= 15 is 0 Å². The molecule has 23 heteroatoms. The maximum Gasteiger partial charge on any atom is 1.00 e. The first-order valence-corrected chi connectivity index (χ1v) is 19.8. The Morgan fingerprint density at radius 3 is 2.00 bits per heavy atom. The van der Waals surface area contributed by atoms with Crippen molar-refractivity contribution in [3.8, 4) is 0 Å². The number of thioether (sulfide) groups is 2. The fraction of sp³-hybridized carbons (Fsp3) is 0.300. The molecule has 53 heavy (non-hydrogen) atoms. The first kappa shape index (κ1) is 42.9. The van der Waals surface area contributed by atoms with Crippen molar-refractivity contribution < 1.29 is 104 Å². The van der Waals surface area contributed by atoms with Gasteiger partial charge in [-0.05, 0) is 73.9 Å². The molecule has 1 aromatic carbocycles. The molecule has 17 nitrogen and oxygen atoms in total. The second-order valence-corrected chi connectivity index (χ2v) is 16.9. The Balaban J connectivity index is 0.00000627. The monoisotopic (exact) mass is 850 g/mol. The molecule has 0 spiro atoms. The predicted molar refractivity (Wildman–Crippen MR) is 191 cm³/mol. The molecule has 5 rings (SSSR count). The van der Waals surface area contributed by atoms with Crippen molar-refractivity contribution >= 4 is 102 Å². The van der Waals surface area contributed by atoms with E-state index in [0.717, 1.165) is 37.6 Å². The number of aryl methyl sites for hydroxylation is 2. The largest absolute Gasteiger partial charge is 1.00 e. The molecule has 2 amide bonds. The van der Waals surface area contributed by atoms with Gasteiger partial charge in [-0.25, -0.2) is 8.42 Å². The molecule has 0 saturated carbocycles. The number of benzene rings is 1. The Morgan fingerprint density at radius 1 is 0.792 bits per heavy atom. The molecular weight excluding hydrogens is 824 g/mol. The summed E-state index contributed by atoms with van der Waals surface area (Å²) in [5, 5.41) is 28.0. The smallest absolute Gasteiger partial charge is 0.748 e. The van der Waals surface area contributed by atoms with Gasteiger partial charge in [-0.1, -0.05) is 11.8 Å². The van der Waals surface area contributed by atoms with Gasteiger partial charge in [0, 0.05) is 17.2 Å². The van der Waals surface area contributed by atoms with Crippen LogP contribution in [0.4, 0.5) is 10.5 Å². The van der Waals surface area contributed by atoms with Crippen molar-refractivity contribution in [3.05, 3.63) is 73.5 Å². The number of carboxylic acids is 3. The van der Waals surface area contributed by atoms with E-state index in [2.05, 4.69) is 0 Å². The number of carboxylic acid groups (broad SMARTS) is 3. The fourth-order valence-corrected chi connectivity index (χ4v) is 10.2. The average Bonchev–Trinajstić information content (AvgIpc) is 3.72. The zero-order valence-electron chi connectivity index (χ0n) is 28.0. The van der Waals surface area contributed by atoms with Crippen molar-refractivity contribution in [3.63, 3.8) is 0 Å². The van der Waals surface area contributed by atoms with E-state index in [1.165, 1.54) is 17.8 Å². The standard InChI is InChI=1S/C30H28N4O13S5.K/c1-14-9-16-18(10-15(14)2)48-19(31(16)7-3-4-8-52(45,46)47)6-5-17-25(41)32(11-20(35)36)28(49-17)23-26(42)33(12-21(37)38)29(50-23)24-27(43)34(13-22(39)40)30(44)51-24;/h5-6,9-10H,3-4,7-8,11-13H2,1-2H3,(H,35,36)(H,37,38)(H,39,40)(H,45,46,47);/q;+1/p-1/b17-5-,19-6+,28-23+,29-24+;. The van der Waals surface area contributed by atoms with E-state index in [4.69, 9.17) is 5.11 Å². The number of nitrogens with zero attached hydrogens (tertiary/aromatic N) is 4. The first-order chi connectivity index (χ1) is 24.4. The summed E-state index contributed by atoms with van der Waals surface area (Å²) < 4.78 is 34.2. The maximum atomic E-state index is 13.7. The second-order valence-electron chi connectivity index (χ2n) is 11.4. The van der Waals surface area contributed by atoms with Gasteiger partial charge in [0.1, 0.15) is 38.4 Å². The Morgan fingerprint density at radius 2 is 1.40 bits per heavy atom. The minimum atomic E-state index is -4.40. The maximum absolute atomic E-state index is 13.7. The van der Waals surface area contributed by atoms with E-state index in [1.54, 1.807) is 6.08 Å². The summed E-state index contributed by atoms with van der Waals surface area (Å²) in [6.07, 6.45) is 3.51. The molecule has 0 atom stereocenters. The van der Waals surface area contributed by atoms with E-state index < -0.39 is 80.6 Å². The third-order valence-electron chi connectivity index (χ3n) is 7.66. The molecule has 276 valence electrons. The number of fused-ring (bicyclic) bond motifs is 1. The number of anilines is 1. The summed E-state index contributed by atoms with van der Waals surface area (Å²) in [7, 11) is -4.40. The van der Waals surface area contributed by atoms with Crippen LogP contribution in [0, 0.1) is 23.0 Å². The zero-order valence-corrected chi connectivity index (χ0v) is 35.2. The number of imide groups is 1. The number of rotatable bonds is 12. The van der Waals surface area contributed by atoms with Gasteiger partial charge < -0.3 is 24.8 Å². The molecule has 2 aliphatic rings. The average molecular weight is 851 g/mol. The van der Waals surface area contributed by atoms with Gasteiger partial charge in [-0.2, -0.15) is 0 Å². The SMILES string of the molecule is Cc1cc2c(cc1C)N(CCCCS(=O)(=O)[O-])/C(=C\C=c1/s/c(=c3/s/c(=C4/SC(=O)N(CC(=O)O)C4=O)n(CC(=O)O)c3=O)n(CC(=O)O)c1=O)S2.[K+]. The summed E-state index contributed by atoms with van der Waals surface area (Å²) in [5.74, 6) is -6.01. The van der Waals surface area contributed by atoms with Crippen LogP contribution in [0.2, 0.25) is 0 Å². The van der Waals surface area contributed by atoms with Crippen molar-refractivity contribution in [1.29, 1.82) is 0 Å². The Labute approximate surface area is 357 Å². The molecule has 3 aromatic rings. The minimum Gasteiger partial charge on any atom is -0.748 e.